The molecule has 0 unspecified atom stereocenters. The monoisotopic (exact) mass is 523 g/mol. The molecule has 1 aliphatic rings. The quantitative estimate of drug-likeness (QED) is 0.357. The first-order valence-electron chi connectivity index (χ1n) is 12.7. The number of hydrogen-bond acceptors (Lipinski definition) is 5. The van der Waals surface area contributed by atoms with Gasteiger partial charge in [0.2, 0.25) is 11.8 Å². The minimum atomic E-state index is -0.307. The lowest BCUT2D eigenvalue weighted by atomic mass is 10.1. The van der Waals surface area contributed by atoms with Crippen LogP contribution in [0.15, 0.2) is 72.1 Å². The van der Waals surface area contributed by atoms with Gasteiger partial charge in [-0.05, 0) is 41.1 Å². The van der Waals surface area contributed by atoms with Gasteiger partial charge < -0.3 is 14.5 Å². The van der Waals surface area contributed by atoms with Crippen molar-refractivity contribution in [2.75, 3.05) is 45.9 Å². The van der Waals surface area contributed by atoms with Crippen molar-refractivity contribution < 1.29 is 18.7 Å². The van der Waals surface area contributed by atoms with Crippen molar-refractivity contribution in [3.8, 4) is 0 Å². The Labute approximate surface area is 222 Å². The topological polar surface area (TPSA) is 53.1 Å². The Hall–Kier alpha value is -3.07. The van der Waals surface area contributed by atoms with Gasteiger partial charge in [-0.15, -0.1) is 11.3 Å². The third kappa shape index (κ3) is 8.77. The second kappa shape index (κ2) is 14.0. The molecule has 0 aliphatic carbocycles. The van der Waals surface area contributed by atoms with Gasteiger partial charge in [0, 0.05) is 44.0 Å². The summed E-state index contributed by atoms with van der Waals surface area (Å²) in [6.45, 7) is 5.05. The molecule has 8 heteroatoms. The van der Waals surface area contributed by atoms with Crippen LogP contribution in [0.4, 0.5) is 4.39 Å². The van der Waals surface area contributed by atoms with E-state index in [2.05, 4.69) is 4.90 Å². The maximum absolute atomic E-state index is 13.6. The molecule has 6 nitrogen and oxygen atoms in total. The molecular weight excluding hydrogens is 489 g/mol. The summed E-state index contributed by atoms with van der Waals surface area (Å²) in [7, 11) is 0. The fourth-order valence-corrected chi connectivity index (χ4v) is 5.05. The Bertz CT molecular complexity index is 1100. The van der Waals surface area contributed by atoms with Gasteiger partial charge >= 0.3 is 0 Å². The third-order valence-corrected chi connectivity index (χ3v) is 7.37. The van der Waals surface area contributed by atoms with Gasteiger partial charge in [0.15, 0.2) is 0 Å². The van der Waals surface area contributed by atoms with Crippen LogP contribution < -0.4 is 0 Å². The zero-order chi connectivity index (χ0) is 25.9. The Morgan fingerprint density at radius 3 is 2.32 bits per heavy atom. The number of carbonyl (C=O) groups excluding carboxylic acids is 2. The van der Waals surface area contributed by atoms with Gasteiger partial charge in [0.1, 0.15) is 5.82 Å². The van der Waals surface area contributed by atoms with Crippen LogP contribution >= 0.6 is 11.3 Å². The molecule has 1 aliphatic heterocycles. The van der Waals surface area contributed by atoms with Crippen molar-refractivity contribution in [3.05, 3.63) is 93.9 Å². The molecule has 0 spiro atoms. The van der Waals surface area contributed by atoms with Crippen molar-refractivity contribution in [2.45, 2.75) is 25.9 Å². The standard InChI is InChI=1S/C29H34FN3O3S/c30-26-11-8-25(9-12-26)21-33(22-27-7-4-20-37-27)29(35)23-32(15-14-31-16-18-36-19-17-31)28(34)13-10-24-5-2-1-3-6-24/h1-9,11-12,20H,10,13-19,21-23H2. The number of rotatable bonds is 12. The smallest absolute Gasteiger partial charge is 0.242 e. The second-order valence-electron chi connectivity index (χ2n) is 9.21. The van der Waals surface area contributed by atoms with E-state index in [0.717, 1.165) is 29.1 Å². The van der Waals surface area contributed by atoms with Gasteiger partial charge in [0.25, 0.3) is 0 Å². The average Bonchev–Trinajstić information content (AvgIpc) is 3.45. The number of hydrogen-bond donors (Lipinski definition) is 0. The fourth-order valence-electron chi connectivity index (χ4n) is 4.33. The Balaban J connectivity index is 1.45. The molecule has 3 aromatic rings. The van der Waals surface area contributed by atoms with Crippen LogP contribution in [0, 0.1) is 5.82 Å². The highest BCUT2D eigenvalue weighted by atomic mass is 32.1. The van der Waals surface area contributed by atoms with Crippen LogP contribution in [0.25, 0.3) is 0 Å². The van der Waals surface area contributed by atoms with E-state index in [9.17, 15) is 14.0 Å². The van der Waals surface area contributed by atoms with Gasteiger partial charge in [-0.25, -0.2) is 4.39 Å². The maximum Gasteiger partial charge on any atom is 0.242 e. The summed E-state index contributed by atoms with van der Waals surface area (Å²) in [6.07, 6.45) is 0.986. The molecule has 4 rings (SSSR count). The van der Waals surface area contributed by atoms with Crippen molar-refractivity contribution in [2.24, 2.45) is 0 Å². The van der Waals surface area contributed by atoms with E-state index >= 15 is 0 Å². The predicted octanol–water partition coefficient (Wildman–Crippen LogP) is 4.21. The number of amides is 2. The largest absolute Gasteiger partial charge is 0.379 e. The van der Waals surface area contributed by atoms with Crippen molar-refractivity contribution in [1.82, 2.24) is 14.7 Å². The molecule has 0 radical (unpaired) electrons. The summed E-state index contributed by atoms with van der Waals surface area (Å²) in [5.74, 6) is -0.450. The fraction of sp³-hybridized carbons (Fsp3) is 0.379. The molecule has 37 heavy (non-hydrogen) atoms. The van der Waals surface area contributed by atoms with Crippen LogP contribution in [0.1, 0.15) is 22.4 Å². The molecule has 1 aromatic heterocycles. The van der Waals surface area contributed by atoms with Crippen molar-refractivity contribution >= 4 is 23.2 Å². The Morgan fingerprint density at radius 1 is 0.865 bits per heavy atom. The normalized spacial score (nSPS) is 13.9. The molecule has 0 N–H and O–H groups in total. The van der Waals surface area contributed by atoms with E-state index < -0.39 is 0 Å². The first kappa shape index (κ1) is 27.0. The number of halogens is 1. The first-order chi connectivity index (χ1) is 18.1. The SMILES string of the molecule is O=C(CCc1ccccc1)N(CCN1CCOCC1)CC(=O)N(Cc1ccc(F)cc1)Cc1cccs1. The lowest BCUT2D eigenvalue weighted by Gasteiger charge is -2.31. The van der Waals surface area contributed by atoms with E-state index in [0.29, 0.717) is 52.2 Å². The van der Waals surface area contributed by atoms with Crippen LogP contribution in [0.3, 0.4) is 0 Å². The molecule has 196 valence electrons. The number of carbonyl (C=O) groups is 2. The van der Waals surface area contributed by atoms with E-state index in [1.54, 1.807) is 33.3 Å². The van der Waals surface area contributed by atoms with Crippen LogP contribution in [0.2, 0.25) is 0 Å². The molecule has 2 aromatic carbocycles. The summed E-state index contributed by atoms with van der Waals surface area (Å²) in [5.41, 5.74) is 1.95. The van der Waals surface area contributed by atoms with E-state index in [4.69, 9.17) is 4.74 Å². The van der Waals surface area contributed by atoms with E-state index in [1.165, 1.54) is 12.1 Å². The molecule has 1 saturated heterocycles. The van der Waals surface area contributed by atoms with Crippen molar-refractivity contribution in [1.29, 1.82) is 0 Å². The number of benzene rings is 2. The molecule has 0 bridgehead atoms. The van der Waals surface area contributed by atoms with Gasteiger partial charge in [-0.1, -0.05) is 48.5 Å². The van der Waals surface area contributed by atoms with E-state index in [1.807, 2.05) is 47.8 Å². The second-order valence-corrected chi connectivity index (χ2v) is 10.2. The zero-order valence-electron chi connectivity index (χ0n) is 21.1. The number of ether oxygens (including phenoxy) is 1. The van der Waals surface area contributed by atoms with E-state index in [-0.39, 0.29) is 24.2 Å². The lowest BCUT2D eigenvalue weighted by molar-refractivity contribution is -0.141. The van der Waals surface area contributed by atoms with Gasteiger partial charge in [-0.2, -0.15) is 0 Å². The molecule has 2 heterocycles. The molecule has 0 saturated carbocycles. The van der Waals surface area contributed by atoms with Crippen molar-refractivity contribution in [3.63, 3.8) is 0 Å². The summed E-state index contributed by atoms with van der Waals surface area (Å²) in [6, 6.07) is 20.1. The zero-order valence-corrected chi connectivity index (χ0v) is 21.9. The van der Waals surface area contributed by atoms with Crippen LogP contribution in [-0.2, 0) is 33.8 Å². The predicted molar refractivity (Wildman–Crippen MR) is 144 cm³/mol. The Kier molecular flexibility index (Phi) is 10.2. The average molecular weight is 524 g/mol. The lowest BCUT2D eigenvalue weighted by Crippen LogP contribution is -2.47. The summed E-state index contributed by atoms with van der Waals surface area (Å²) >= 11 is 1.59. The highest BCUT2D eigenvalue weighted by Gasteiger charge is 2.23. The molecule has 2 amide bonds. The minimum Gasteiger partial charge on any atom is -0.379 e. The van der Waals surface area contributed by atoms with Gasteiger partial charge in [-0.3, -0.25) is 14.5 Å². The number of thiophene rings is 1. The summed E-state index contributed by atoms with van der Waals surface area (Å²) in [4.78, 5) is 33.7. The molecule has 0 atom stereocenters. The Morgan fingerprint density at radius 2 is 1.62 bits per heavy atom. The highest BCUT2D eigenvalue weighted by molar-refractivity contribution is 7.09. The number of aryl methyl sites for hydroxylation is 1. The molecular formula is C29H34FN3O3S. The number of morpholine rings is 1. The maximum atomic E-state index is 13.6. The highest BCUT2D eigenvalue weighted by Crippen LogP contribution is 2.16. The van der Waals surface area contributed by atoms with Crippen LogP contribution in [-0.4, -0.2) is 72.5 Å². The minimum absolute atomic E-state index is 0.0184. The number of nitrogens with zero attached hydrogens (tertiary/aromatic N) is 3. The van der Waals surface area contributed by atoms with Crippen LogP contribution in [0.5, 0.6) is 0 Å². The third-order valence-electron chi connectivity index (χ3n) is 6.51. The molecule has 1 fully saturated rings. The first-order valence-corrected chi connectivity index (χ1v) is 13.6. The van der Waals surface area contributed by atoms with Gasteiger partial charge in [0.05, 0.1) is 26.3 Å². The summed E-state index contributed by atoms with van der Waals surface area (Å²) < 4.78 is 18.9. The summed E-state index contributed by atoms with van der Waals surface area (Å²) in [5, 5.41) is 1.98.